The normalized spacial score (nSPS) is 11.7. The van der Waals surface area contributed by atoms with Crippen molar-refractivity contribution in [1.29, 1.82) is 0 Å². The topological polar surface area (TPSA) is 24.9 Å². The van der Waals surface area contributed by atoms with E-state index in [2.05, 4.69) is 46.4 Å². The van der Waals surface area contributed by atoms with Crippen molar-refractivity contribution in [3.8, 4) is 0 Å². The molecule has 0 saturated carbocycles. The fourth-order valence-electron chi connectivity index (χ4n) is 0.652. The minimum Gasteiger partial charge on any atom is -0.253 e. The lowest BCUT2D eigenvalue weighted by atomic mass is 10.1. The first-order valence-corrected chi connectivity index (χ1v) is 5.65. The Hall–Kier alpha value is -0.0600. The smallest absolute Gasteiger partial charge is 0.112 e. The van der Waals surface area contributed by atoms with Gasteiger partial charge < -0.3 is 0 Å². The average Bonchev–Trinajstić information content (AvgIpc) is 2.00. The zero-order chi connectivity index (χ0) is 9.90. The maximum Gasteiger partial charge on any atom is 0.112 e. The zero-order valence-corrected chi connectivity index (χ0v) is 10.4. The Morgan fingerprint density at radius 2 is 2.08 bits per heavy atom. The number of hydrogen-bond acceptors (Lipinski definition) is 3. The number of aromatic nitrogens is 1. The van der Waals surface area contributed by atoms with Gasteiger partial charge in [-0.3, -0.25) is 4.72 Å². The molecule has 0 aromatic carbocycles. The molecule has 1 aromatic heterocycles. The van der Waals surface area contributed by atoms with Crippen LogP contribution in [0.2, 0.25) is 0 Å². The van der Waals surface area contributed by atoms with Crippen LogP contribution >= 0.6 is 27.9 Å². The van der Waals surface area contributed by atoms with Gasteiger partial charge >= 0.3 is 0 Å². The fraction of sp³-hybridized carbons (Fsp3) is 0.444. The molecule has 2 nitrogen and oxygen atoms in total. The molecule has 0 spiro atoms. The summed E-state index contributed by atoms with van der Waals surface area (Å²) in [6, 6.07) is 5.87. The van der Waals surface area contributed by atoms with Crippen LogP contribution in [0.3, 0.4) is 0 Å². The van der Waals surface area contributed by atoms with Gasteiger partial charge in [0.1, 0.15) is 9.63 Å². The van der Waals surface area contributed by atoms with Gasteiger partial charge in [0.2, 0.25) is 0 Å². The molecule has 1 aromatic rings. The van der Waals surface area contributed by atoms with Crippen LogP contribution in [-0.4, -0.2) is 10.5 Å². The monoisotopic (exact) mass is 260 g/mol. The molecular weight excluding hydrogens is 248 g/mol. The third-order valence-corrected chi connectivity index (χ3v) is 2.74. The lowest BCUT2D eigenvalue weighted by Crippen LogP contribution is -2.29. The van der Waals surface area contributed by atoms with Gasteiger partial charge in [-0.05, 0) is 60.8 Å². The second-order valence-electron chi connectivity index (χ2n) is 3.75. The summed E-state index contributed by atoms with van der Waals surface area (Å²) in [6.45, 7) is 6.37. The van der Waals surface area contributed by atoms with E-state index >= 15 is 0 Å². The van der Waals surface area contributed by atoms with Gasteiger partial charge in [-0.2, -0.15) is 0 Å². The first kappa shape index (κ1) is 11.0. The molecule has 0 amide bonds. The summed E-state index contributed by atoms with van der Waals surface area (Å²) in [6.07, 6.45) is 0. The molecule has 1 rings (SSSR count). The molecule has 0 fully saturated rings. The summed E-state index contributed by atoms with van der Waals surface area (Å²) < 4.78 is 4.17. The van der Waals surface area contributed by atoms with E-state index in [1.165, 1.54) is 0 Å². The summed E-state index contributed by atoms with van der Waals surface area (Å²) in [5.74, 6) is 0. The second-order valence-corrected chi connectivity index (χ2v) is 5.39. The second kappa shape index (κ2) is 4.44. The van der Waals surface area contributed by atoms with Crippen LogP contribution in [0.15, 0.2) is 27.8 Å². The Morgan fingerprint density at radius 3 is 2.62 bits per heavy atom. The molecule has 13 heavy (non-hydrogen) atoms. The van der Waals surface area contributed by atoms with E-state index in [1.807, 2.05) is 18.2 Å². The van der Waals surface area contributed by atoms with Crippen molar-refractivity contribution < 1.29 is 0 Å². The minimum absolute atomic E-state index is 0.106. The van der Waals surface area contributed by atoms with Crippen molar-refractivity contribution in [2.24, 2.45) is 0 Å². The molecule has 4 heteroatoms. The van der Waals surface area contributed by atoms with Crippen molar-refractivity contribution in [1.82, 2.24) is 9.71 Å². The molecule has 0 atom stereocenters. The lowest BCUT2D eigenvalue weighted by molar-refractivity contribution is 0.535. The molecule has 0 unspecified atom stereocenters. The maximum absolute atomic E-state index is 4.29. The van der Waals surface area contributed by atoms with Gasteiger partial charge in [0.15, 0.2) is 0 Å². The van der Waals surface area contributed by atoms with E-state index in [4.69, 9.17) is 0 Å². The van der Waals surface area contributed by atoms with Crippen LogP contribution in [0.1, 0.15) is 20.8 Å². The third-order valence-electron chi connectivity index (χ3n) is 1.15. The molecule has 0 radical (unpaired) electrons. The molecule has 72 valence electrons. The number of hydrogen-bond donors (Lipinski definition) is 1. The summed E-state index contributed by atoms with van der Waals surface area (Å²) >= 11 is 4.88. The van der Waals surface area contributed by atoms with Gasteiger partial charge in [0.05, 0.1) is 0 Å². The van der Waals surface area contributed by atoms with Crippen molar-refractivity contribution in [2.45, 2.75) is 31.3 Å². The Morgan fingerprint density at radius 1 is 1.38 bits per heavy atom. The summed E-state index contributed by atoms with van der Waals surface area (Å²) in [5.41, 5.74) is 0.106. The van der Waals surface area contributed by atoms with Crippen LogP contribution in [0.25, 0.3) is 0 Å². The highest BCUT2D eigenvalue weighted by Crippen LogP contribution is 2.17. The SMILES string of the molecule is CC(C)(C)NSc1cccc(Br)n1. The standard InChI is InChI=1S/C9H13BrN2S/c1-9(2,3)12-13-8-6-4-5-7(10)11-8/h4-6,12H,1-3H3. The van der Waals surface area contributed by atoms with Gasteiger partial charge in [-0.25, -0.2) is 4.98 Å². The highest BCUT2D eigenvalue weighted by molar-refractivity contribution is 9.10. The van der Waals surface area contributed by atoms with Gasteiger partial charge in [0, 0.05) is 5.54 Å². The molecule has 0 aliphatic carbocycles. The van der Waals surface area contributed by atoms with Crippen LogP contribution in [-0.2, 0) is 0 Å². The fourth-order valence-corrected chi connectivity index (χ4v) is 1.81. The molecule has 0 aliphatic rings. The van der Waals surface area contributed by atoms with E-state index in [0.29, 0.717) is 0 Å². The van der Waals surface area contributed by atoms with Gasteiger partial charge in [-0.15, -0.1) is 0 Å². The van der Waals surface area contributed by atoms with Gasteiger partial charge in [-0.1, -0.05) is 6.07 Å². The summed E-state index contributed by atoms with van der Waals surface area (Å²) in [5, 5.41) is 0.976. The number of pyridine rings is 1. The number of nitrogens with one attached hydrogen (secondary N) is 1. The zero-order valence-electron chi connectivity index (χ0n) is 7.97. The van der Waals surface area contributed by atoms with Gasteiger partial charge in [0.25, 0.3) is 0 Å². The quantitative estimate of drug-likeness (QED) is 0.653. The van der Waals surface area contributed by atoms with Crippen LogP contribution < -0.4 is 4.72 Å². The summed E-state index contributed by atoms with van der Waals surface area (Å²) in [4.78, 5) is 4.29. The Balaban J connectivity index is 2.55. The Kier molecular flexibility index (Phi) is 3.76. The van der Waals surface area contributed by atoms with E-state index in [0.717, 1.165) is 9.63 Å². The molecular formula is C9H13BrN2S. The summed E-state index contributed by atoms with van der Waals surface area (Å²) in [7, 11) is 0. The first-order chi connectivity index (χ1) is 5.97. The molecule has 0 bridgehead atoms. The number of nitrogens with zero attached hydrogens (tertiary/aromatic N) is 1. The average molecular weight is 261 g/mol. The van der Waals surface area contributed by atoms with Crippen molar-refractivity contribution >= 4 is 27.9 Å². The number of rotatable bonds is 2. The highest BCUT2D eigenvalue weighted by Gasteiger charge is 2.09. The van der Waals surface area contributed by atoms with Crippen LogP contribution in [0.4, 0.5) is 0 Å². The Labute approximate surface area is 91.8 Å². The number of halogens is 1. The highest BCUT2D eigenvalue weighted by atomic mass is 79.9. The van der Waals surface area contributed by atoms with E-state index < -0.39 is 0 Å². The minimum atomic E-state index is 0.106. The van der Waals surface area contributed by atoms with E-state index in [9.17, 15) is 0 Å². The predicted molar refractivity (Wildman–Crippen MR) is 60.7 cm³/mol. The van der Waals surface area contributed by atoms with Crippen molar-refractivity contribution in [2.75, 3.05) is 0 Å². The Bertz CT molecular complexity index is 283. The van der Waals surface area contributed by atoms with Crippen molar-refractivity contribution in [3.05, 3.63) is 22.8 Å². The van der Waals surface area contributed by atoms with Crippen LogP contribution in [0, 0.1) is 0 Å². The largest absolute Gasteiger partial charge is 0.253 e. The first-order valence-electron chi connectivity index (χ1n) is 4.04. The van der Waals surface area contributed by atoms with Crippen molar-refractivity contribution in [3.63, 3.8) is 0 Å². The molecule has 1 heterocycles. The maximum atomic E-state index is 4.29. The van der Waals surface area contributed by atoms with E-state index in [-0.39, 0.29) is 5.54 Å². The molecule has 1 N–H and O–H groups in total. The van der Waals surface area contributed by atoms with Crippen LogP contribution in [0.5, 0.6) is 0 Å². The predicted octanol–water partition coefficient (Wildman–Crippen LogP) is 3.24. The third kappa shape index (κ3) is 4.64. The van der Waals surface area contributed by atoms with E-state index in [1.54, 1.807) is 11.9 Å². The molecule has 0 saturated heterocycles. The lowest BCUT2D eigenvalue weighted by Gasteiger charge is -2.18. The molecule has 0 aliphatic heterocycles.